The summed E-state index contributed by atoms with van der Waals surface area (Å²) in [7, 11) is -3.95. The highest BCUT2D eigenvalue weighted by molar-refractivity contribution is 6.81. The fourth-order valence-electron chi connectivity index (χ4n) is 4.56. The second kappa shape index (κ2) is 23.6. The predicted molar refractivity (Wildman–Crippen MR) is 187 cm³/mol. The van der Waals surface area contributed by atoms with Gasteiger partial charge in [0, 0.05) is 98.4 Å². The Balaban J connectivity index is 6.29. The number of amides is 1. The monoisotopic (exact) mass is 819 g/mol. The topological polar surface area (TPSA) is 177 Å². The average Bonchev–Trinajstić information content (AvgIpc) is 3.13. The summed E-state index contributed by atoms with van der Waals surface area (Å²) in [5.74, 6) is 0. The highest BCUT2D eigenvalue weighted by Gasteiger charge is 2.58. The van der Waals surface area contributed by atoms with Crippen LogP contribution in [0.5, 0.6) is 0 Å². The molecule has 0 saturated carbocycles. The molecule has 1 amide bonds. The number of hydrogen-bond acceptors (Lipinski definition) is 18. The molecule has 0 bridgehead atoms. The van der Waals surface area contributed by atoms with Crippen molar-refractivity contribution in [2.75, 3.05) is 105 Å². The van der Waals surface area contributed by atoms with Crippen LogP contribution in [0.25, 0.3) is 0 Å². The summed E-state index contributed by atoms with van der Waals surface area (Å²) in [4.78, 5) is 14.9. The zero-order valence-corrected chi connectivity index (χ0v) is 38.0. The lowest BCUT2D eigenvalue weighted by Crippen LogP contribution is -2.62. The molecule has 0 spiro atoms. The van der Waals surface area contributed by atoms with E-state index in [0.717, 1.165) is 0 Å². The molecule has 0 atom stereocenters. The summed E-state index contributed by atoms with van der Waals surface area (Å²) >= 11 is 0. The van der Waals surface area contributed by atoms with Gasteiger partial charge in [-0.15, -0.1) is 0 Å². The Labute approximate surface area is 299 Å². The summed E-state index contributed by atoms with van der Waals surface area (Å²) in [6.07, 6.45) is 1.03. The van der Waals surface area contributed by atoms with Crippen molar-refractivity contribution >= 4 is 59.4 Å². The molecule has 0 aromatic rings. The number of hydrogen-bond donors (Lipinski definition) is 0. The molecule has 0 aromatic carbocycles. The van der Waals surface area contributed by atoms with E-state index < -0.39 is 59.4 Å². The maximum atomic E-state index is 13.3. The summed E-state index contributed by atoms with van der Waals surface area (Å²) < 4.78 is 97.4. The fraction of sp³-hybridized carbons (Fsp3) is 0.958. The lowest BCUT2D eigenvalue weighted by atomic mass is 10.4. The van der Waals surface area contributed by atoms with Crippen LogP contribution in [-0.4, -0.2) is 169 Å². The van der Waals surface area contributed by atoms with Crippen LogP contribution in [0.3, 0.4) is 0 Å². The van der Waals surface area contributed by atoms with E-state index in [9.17, 15) is 4.79 Å². The van der Waals surface area contributed by atoms with Crippen molar-refractivity contribution in [3.05, 3.63) is 0 Å². The first-order chi connectivity index (χ1) is 23.1. The van der Waals surface area contributed by atoms with Gasteiger partial charge in [-0.05, 0) is 44.4 Å². The number of nitrogens with zero attached hydrogens (tertiary/aromatic N) is 1. The van der Waals surface area contributed by atoms with Crippen LogP contribution in [0.1, 0.15) is 26.2 Å². The number of carbonyl (C=O) groups excluding carboxylic acids is 1. The van der Waals surface area contributed by atoms with Gasteiger partial charge in [-0.1, -0.05) is 6.92 Å². The maximum Gasteiger partial charge on any atom is 0.669 e. The number of ether oxygens (including phenoxy) is 1. The summed E-state index contributed by atoms with van der Waals surface area (Å²) in [5, 5.41) is 0. The summed E-state index contributed by atoms with van der Waals surface area (Å²) in [6, 6.07) is 0.679. The minimum absolute atomic E-state index is 0.257. The minimum Gasteiger partial charge on any atom is -0.449 e. The molecule has 0 aromatic heterocycles. The Bertz CT molecular complexity index is 764. The van der Waals surface area contributed by atoms with Crippen LogP contribution in [0.2, 0.25) is 25.2 Å². The second-order valence-electron chi connectivity index (χ2n) is 10.4. The molecule has 0 fully saturated rings. The second-order valence-corrected chi connectivity index (χ2v) is 28.1. The van der Waals surface area contributed by atoms with Crippen LogP contribution in [-0.2, 0) is 74.3 Å². The molecular weight excluding hydrogens is 759 g/mol. The Morgan fingerprint density at radius 3 is 0.918 bits per heavy atom. The molecule has 49 heavy (non-hydrogen) atoms. The van der Waals surface area contributed by atoms with Gasteiger partial charge in [0.15, 0.2) is 0 Å². The third-order valence-corrected chi connectivity index (χ3v) is 26.6. The summed E-state index contributed by atoms with van der Waals surface area (Å²) in [5.41, 5.74) is 0. The SMILES string of the molecule is CCCOC(=O)N(CCC[Si](C)(O[Si](OC)(OC)OC)O[Si](OC)(OC)OC)CCC[Si](C)(O[Si](OC)(OC)OC)O[Si](OC)(OC)OC. The quantitative estimate of drug-likeness (QED) is 0.0964. The lowest BCUT2D eigenvalue weighted by Gasteiger charge is -2.38. The van der Waals surface area contributed by atoms with Crippen LogP contribution in [0.15, 0.2) is 0 Å². The molecule has 0 rings (SSSR count). The zero-order chi connectivity index (χ0) is 37.8. The van der Waals surface area contributed by atoms with E-state index in [-0.39, 0.29) is 19.7 Å². The first-order valence-electron chi connectivity index (χ1n) is 15.4. The van der Waals surface area contributed by atoms with Crippen molar-refractivity contribution in [1.82, 2.24) is 4.90 Å². The zero-order valence-electron chi connectivity index (χ0n) is 32.0. The fourth-order valence-corrected chi connectivity index (χ4v) is 23.3. The molecule has 19 nitrogen and oxygen atoms in total. The van der Waals surface area contributed by atoms with E-state index in [4.69, 9.17) is 74.3 Å². The van der Waals surface area contributed by atoms with Gasteiger partial charge in [-0.25, -0.2) is 4.79 Å². The molecule has 0 unspecified atom stereocenters. The Kier molecular flexibility index (Phi) is 23.5. The van der Waals surface area contributed by atoms with Gasteiger partial charge in [-0.3, -0.25) is 0 Å². The Morgan fingerprint density at radius 1 is 0.469 bits per heavy atom. The number of rotatable bonds is 30. The van der Waals surface area contributed by atoms with Crippen molar-refractivity contribution in [3.8, 4) is 0 Å². The first kappa shape index (κ1) is 48.9. The van der Waals surface area contributed by atoms with E-state index in [1.165, 1.54) is 85.3 Å². The normalized spacial score (nSPS) is 13.6. The third kappa shape index (κ3) is 15.1. The first-order valence-corrected chi connectivity index (χ1v) is 27.0. The largest absolute Gasteiger partial charge is 0.669 e. The molecule has 0 heterocycles. The van der Waals surface area contributed by atoms with E-state index in [1.807, 2.05) is 6.92 Å². The van der Waals surface area contributed by atoms with Crippen molar-refractivity contribution < 1.29 is 79.1 Å². The van der Waals surface area contributed by atoms with Crippen LogP contribution >= 0.6 is 0 Å². The molecule has 0 radical (unpaired) electrons. The molecule has 294 valence electrons. The van der Waals surface area contributed by atoms with Gasteiger partial charge in [0.1, 0.15) is 0 Å². The predicted octanol–water partition coefficient (Wildman–Crippen LogP) is 2.32. The van der Waals surface area contributed by atoms with Gasteiger partial charge < -0.3 is 79.2 Å². The van der Waals surface area contributed by atoms with Crippen LogP contribution in [0.4, 0.5) is 4.79 Å². The highest BCUT2D eigenvalue weighted by atomic mass is 28.5. The third-order valence-electron chi connectivity index (χ3n) is 7.17. The lowest BCUT2D eigenvalue weighted by molar-refractivity contribution is 0.0132. The highest BCUT2D eigenvalue weighted by Crippen LogP contribution is 2.29. The Morgan fingerprint density at radius 2 is 0.714 bits per heavy atom. The van der Waals surface area contributed by atoms with Crippen molar-refractivity contribution in [1.29, 1.82) is 0 Å². The Hall–Kier alpha value is -0.0687. The van der Waals surface area contributed by atoms with Gasteiger partial charge in [-0.2, -0.15) is 0 Å². The van der Waals surface area contributed by atoms with Gasteiger partial charge in [0.25, 0.3) is 0 Å². The van der Waals surface area contributed by atoms with Crippen molar-refractivity contribution in [3.63, 3.8) is 0 Å². The van der Waals surface area contributed by atoms with E-state index in [0.29, 0.717) is 31.4 Å². The van der Waals surface area contributed by atoms with Gasteiger partial charge in [0.05, 0.1) is 6.61 Å². The van der Waals surface area contributed by atoms with E-state index >= 15 is 0 Å². The molecule has 25 heteroatoms. The van der Waals surface area contributed by atoms with Crippen LogP contribution in [0, 0.1) is 0 Å². The molecule has 0 aliphatic heterocycles. The maximum absolute atomic E-state index is 13.3. The molecule has 0 saturated heterocycles. The number of carbonyl (C=O) groups is 1. The minimum atomic E-state index is -3.60. The molecule has 0 aliphatic rings. The average molecular weight is 820 g/mol. The standard InChI is InChI=1S/C24H61NO18Si6/c1-16-21-39-24(26)25(19-17-22-44(14,40-46(27-2,28-3)29-4)41-47(30-5,31-6)32-7)20-18-23-45(15,42-48(33-8,34-9)35-10)43-49(36-11,37-12)38-13/h16-23H2,1-15H3. The smallest absolute Gasteiger partial charge is 0.449 e. The van der Waals surface area contributed by atoms with Gasteiger partial charge in [0.2, 0.25) is 0 Å². The van der Waals surface area contributed by atoms with Crippen LogP contribution < -0.4 is 0 Å². The van der Waals surface area contributed by atoms with E-state index in [1.54, 1.807) is 18.0 Å². The summed E-state index contributed by atoms with van der Waals surface area (Å²) in [6.45, 7) is 6.32. The van der Waals surface area contributed by atoms with Crippen molar-refractivity contribution in [2.45, 2.75) is 51.4 Å². The molecular formula is C24H61NO18Si6. The van der Waals surface area contributed by atoms with Gasteiger partial charge >= 0.3 is 59.4 Å². The van der Waals surface area contributed by atoms with Crippen molar-refractivity contribution in [2.24, 2.45) is 0 Å². The van der Waals surface area contributed by atoms with E-state index in [2.05, 4.69) is 0 Å². The molecule has 0 aliphatic carbocycles. The molecule has 0 N–H and O–H groups in total.